The van der Waals surface area contributed by atoms with E-state index in [1.807, 2.05) is 6.07 Å². The van der Waals surface area contributed by atoms with Gasteiger partial charge in [0.05, 0.1) is 0 Å². The third-order valence-electron chi connectivity index (χ3n) is 4.09. The van der Waals surface area contributed by atoms with Crippen LogP contribution >= 0.6 is 0 Å². The lowest BCUT2D eigenvalue weighted by Crippen LogP contribution is -2.07. The average Bonchev–Trinajstić information content (AvgIpc) is 3.34. The first-order valence-corrected chi connectivity index (χ1v) is 8.10. The molecule has 3 N–H and O–H groups in total. The fourth-order valence-corrected chi connectivity index (χ4v) is 2.58. The second-order valence-electron chi connectivity index (χ2n) is 6.10. The van der Waals surface area contributed by atoms with Crippen LogP contribution in [0.25, 0.3) is 0 Å². The molecule has 0 atom stereocenters. The van der Waals surface area contributed by atoms with E-state index in [0.717, 1.165) is 5.69 Å². The van der Waals surface area contributed by atoms with Gasteiger partial charge in [-0.2, -0.15) is 5.10 Å². The van der Waals surface area contributed by atoms with Crippen LogP contribution in [0.1, 0.15) is 30.0 Å². The zero-order chi connectivity index (χ0) is 18.1. The quantitative estimate of drug-likeness (QED) is 0.622. The highest BCUT2D eigenvalue weighted by atomic mass is 19.1. The second-order valence-corrected chi connectivity index (χ2v) is 6.10. The molecule has 0 saturated heterocycles. The molecule has 1 fully saturated rings. The van der Waals surface area contributed by atoms with Gasteiger partial charge in [0.25, 0.3) is 0 Å². The van der Waals surface area contributed by atoms with Gasteiger partial charge in [-0.1, -0.05) is 0 Å². The Bertz CT molecular complexity index is 915. The van der Waals surface area contributed by atoms with Crippen LogP contribution in [0.5, 0.6) is 0 Å². The Balaban J connectivity index is 1.44. The van der Waals surface area contributed by atoms with Crippen LogP contribution in [0.15, 0.2) is 30.6 Å². The molecule has 26 heavy (non-hydrogen) atoms. The molecule has 134 valence electrons. The van der Waals surface area contributed by atoms with Gasteiger partial charge in [0.2, 0.25) is 0 Å². The van der Waals surface area contributed by atoms with Crippen molar-refractivity contribution in [2.24, 2.45) is 0 Å². The molecule has 2 heterocycles. The van der Waals surface area contributed by atoms with Crippen LogP contribution in [0.2, 0.25) is 0 Å². The van der Waals surface area contributed by atoms with Crippen LogP contribution in [-0.4, -0.2) is 20.2 Å². The average molecular weight is 360 g/mol. The summed E-state index contributed by atoms with van der Waals surface area (Å²) < 4.78 is 40.3. The first-order valence-electron chi connectivity index (χ1n) is 8.10. The number of rotatable bonds is 6. The molecular weight excluding hydrogens is 345 g/mol. The first kappa shape index (κ1) is 16.4. The highest BCUT2D eigenvalue weighted by molar-refractivity contribution is 5.56. The molecule has 0 amide bonds. The van der Waals surface area contributed by atoms with E-state index in [9.17, 15) is 13.2 Å². The molecule has 4 rings (SSSR count). The first-order chi connectivity index (χ1) is 12.6. The fourth-order valence-electron chi connectivity index (χ4n) is 2.58. The van der Waals surface area contributed by atoms with Gasteiger partial charge < -0.3 is 10.6 Å². The molecule has 6 nitrogen and oxygen atoms in total. The van der Waals surface area contributed by atoms with E-state index in [4.69, 9.17) is 0 Å². The maximum atomic E-state index is 13.7. The number of aromatic amines is 1. The van der Waals surface area contributed by atoms with Gasteiger partial charge in [-0.25, -0.2) is 23.1 Å². The van der Waals surface area contributed by atoms with Crippen molar-refractivity contribution in [3.63, 3.8) is 0 Å². The van der Waals surface area contributed by atoms with Crippen molar-refractivity contribution >= 4 is 17.5 Å². The Labute approximate surface area is 146 Å². The standard InChI is InChI=1S/C17H15F3N6/c18-10-3-12(19)11(13(20)4-10)7-21-15-6-16(23-8-22-15)24-17-5-14(25-26-17)9-1-2-9/h3-6,8-9H,1-2,7H2,(H3,21,22,23,24,25,26). The number of hydrogen-bond acceptors (Lipinski definition) is 5. The third-order valence-corrected chi connectivity index (χ3v) is 4.09. The highest BCUT2D eigenvalue weighted by Crippen LogP contribution is 2.39. The molecule has 3 aromatic rings. The summed E-state index contributed by atoms with van der Waals surface area (Å²) in [5.74, 6) is -0.826. The van der Waals surface area contributed by atoms with Crippen molar-refractivity contribution < 1.29 is 13.2 Å². The number of nitrogens with one attached hydrogen (secondary N) is 3. The summed E-state index contributed by atoms with van der Waals surface area (Å²) in [4.78, 5) is 8.10. The van der Waals surface area contributed by atoms with Gasteiger partial charge in [0, 0.05) is 48.0 Å². The molecule has 2 aromatic heterocycles. The monoisotopic (exact) mass is 360 g/mol. The molecule has 0 unspecified atom stereocenters. The van der Waals surface area contributed by atoms with Gasteiger partial charge in [-0.3, -0.25) is 5.10 Å². The summed E-state index contributed by atoms with van der Waals surface area (Å²) in [6, 6.07) is 4.80. The molecule has 1 aliphatic carbocycles. The molecule has 0 spiro atoms. The predicted molar refractivity (Wildman–Crippen MR) is 89.5 cm³/mol. The second kappa shape index (κ2) is 6.66. The van der Waals surface area contributed by atoms with E-state index in [-0.39, 0.29) is 12.1 Å². The van der Waals surface area contributed by atoms with Crippen molar-refractivity contribution in [3.8, 4) is 0 Å². The zero-order valence-corrected chi connectivity index (χ0v) is 13.6. The Morgan fingerprint density at radius 3 is 2.42 bits per heavy atom. The summed E-state index contributed by atoms with van der Waals surface area (Å²) in [6.45, 7) is -0.178. The summed E-state index contributed by atoms with van der Waals surface area (Å²) in [6.07, 6.45) is 3.65. The molecule has 1 saturated carbocycles. The fraction of sp³-hybridized carbons (Fsp3) is 0.235. The van der Waals surface area contributed by atoms with Crippen LogP contribution in [0, 0.1) is 17.5 Å². The van der Waals surface area contributed by atoms with Crippen molar-refractivity contribution in [1.82, 2.24) is 20.2 Å². The minimum absolute atomic E-state index is 0.178. The van der Waals surface area contributed by atoms with Crippen LogP contribution in [0.4, 0.5) is 30.6 Å². The normalized spacial score (nSPS) is 13.7. The maximum absolute atomic E-state index is 13.7. The predicted octanol–water partition coefficient (Wildman–Crippen LogP) is 3.85. The van der Waals surface area contributed by atoms with E-state index in [2.05, 4.69) is 30.8 Å². The van der Waals surface area contributed by atoms with Gasteiger partial charge in [0.1, 0.15) is 35.4 Å². The smallest absolute Gasteiger partial charge is 0.153 e. The van der Waals surface area contributed by atoms with Gasteiger partial charge in [0.15, 0.2) is 5.82 Å². The van der Waals surface area contributed by atoms with Crippen molar-refractivity contribution in [2.75, 3.05) is 10.6 Å². The SMILES string of the molecule is Fc1cc(F)c(CNc2cc(Nc3cc(C4CC4)[nH]n3)ncn2)c(F)c1. The van der Waals surface area contributed by atoms with Crippen LogP contribution < -0.4 is 10.6 Å². The lowest BCUT2D eigenvalue weighted by atomic mass is 10.2. The Kier molecular flexibility index (Phi) is 4.19. The van der Waals surface area contributed by atoms with E-state index in [1.165, 1.54) is 19.2 Å². The molecular formula is C17H15F3N6. The number of halogens is 3. The minimum Gasteiger partial charge on any atom is -0.366 e. The van der Waals surface area contributed by atoms with Gasteiger partial charge >= 0.3 is 0 Å². The molecule has 9 heteroatoms. The molecule has 0 bridgehead atoms. The van der Waals surface area contributed by atoms with Crippen molar-refractivity contribution in [2.45, 2.75) is 25.3 Å². The van der Waals surface area contributed by atoms with E-state index in [0.29, 0.717) is 35.5 Å². The molecule has 0 radical (unpaired) electrons. The van der Waals surface area contributed by atoms with E-state index >= 15 is 0 Å². The number of hydrogen-bond donors (Lipinski definition) is 3. The Hall–Kier alpha value is -3.10. The summed E-state index contributed by atoms with van der Waals surface area (Å²) in [5.41, 5.74) is 0.822. The molecule has 1 aliphatic rings. The van der Waals surface area contributed by atoms with Gasteiger partial charge in [-0.05, 0) is 12.8 Å². The topological polar surface area (TPSA) is 78.5 Å². The Morgan fingerprint density at radius 2 is 1.69 bits per heavy atom. The number of aromatic nitrogens is 4. The summed E-state index contributed by atoms with van der Waals surface area (Å²) in [7, 11) is 0. The maximum Gasteiger partial charge on any atom is 0.153 e. The minimum atomic E-state index is -0.957. The lowest BCUT2D eigenvalue weighted by Gasteiger charge is -2.09. The third kappa shape index (κ3) is 3.61. The van der Waals surface area contributed by atoms with Crippen molar-refractivity contribution in [3.05, 3.63) is 59.3 Å². The number of nitrogens with zero attached hydrogens (tertiary/aromatic N) is 3. The van der Waals surface area contributed by atoms with Crippen LogP contribution in [0.3, 0.4) is 0 Å². The van der Waals surface area contributed by atoms with E-state index in [1.54, 1.807) is 6.07 Å². The Morgan fingerprint density at radius 1 is 0.962 bits per heavy atom. The summed E-state index contributed by atoms with van der Waals surface area (Å²) >= 11 is 0. The van der Waals surface area contributed by atoms with Gasteiger partial charge in [-0.15, -0.1) is 0 Å². The molecule has 1 aromatic carbocycles. The number of benzene rings is 1. The lowest BCUT2D eigenvalue weighted by molar-refractivity contribution is 0.526. The molecule has 0 aliphatic heterocycles. The zero-order valence-electron chi connectivity index (χ0n) is 13.6. The van der Waals surface area contributed by atoms with Crippen molar-refractivity contribution in [1.29, 1.82) is 0 Å². The summed E-state index contributed by atoms with van der Waals surface area (Å²) in [5, 5.41) is 13.0. The van der Waals surface area contributed by atoms with Crippen LogP contribution in [-0.2, 0) is 6.54 Å². The number of anilines is 3. The number of H-pyrrole nitrogens is 1. The van der Waals surface area contributed by atoms with E-state index < -0.39 is 17.5 Å². The highest BCUT2D eigenvalue weighted by Gasteiger charge is 2.25. The largest absolute Gasteiger partial charge is 0.366 e.